The number of carbonyl (C=O) groups excluding carboxylic acids is 1. The Balaban J connectivity index is 1.50. The summed E-state index contributed by atoms with van der Waals surface area (Å²) in [4.78, 5) is 25.7. The zero-order valence-corrected chi connectivity index (χ0v) is 14.2. The highest BCUT2D eigenvalue weighted by molar-refractivity contribution is 7.99. The molecule has 7 nitrogen and oxygen atoms in total. The van der Waals surface area contributed by atoms with E-state index in [1.165, 1.54) is 0 Å². The molecule has 122 valence electrons. The minimum Gasteiger partial charge on any atom is -0.354 e. The van der Waals surface area contributed by atoms with Crippen molar-refractivity contribution in [1.82, 2.24) is 24.6 Å². The average molecular weight is 332 g/mol. The molecular formula is C15H20N6OS. The van der Waals surface area contributed by atoms with Gasteiger partial charge in [-0.2, -0.15) is 16.9 Å². The molecule has 1 amide bonds. The summed E-state index contributed by atoms with van der Waals surface area (Å²) in [6.07, 6.45) is 1.81. The maximum atomic E-state index is 12.5. The molecule has 2 fully saturated rings. The van der Waals surface area contributed by atoms with E-state index >= 15 is 0 Å². The van der Waals surface area contributed by atoms with Crippen molar-refractivity contribution in [2.24, 2.45) is 13.0 Å². The van der Waals surface area contributed by atoms with Gasteiger partial charge in [0.2, 0.25) is 5.91 Å². The molecule has 2 aliphatic rings. The summed E-state index contributed by atoms with van der Waals surface area (Å²) in [6.45, 7) is 5.15. The zero-order chi connectivity index (χ0) is 16.0. The van der Waals surface area contributed by atoms with Gasteiger partial charge in [-0.15, -0.1) is 0 Å². The predicted octanol–water partition coefficient (Wildman–Crippen LogP) is 0.683. The van der Waals surface area contributed by atoms with Gasteiger partial charge in [-0.3, -0.25) is 9.48 Å². The summed E-state index contributed by atoms with van der Waals surface area (Å²) in [5.41, 5.74) is 0.843. The van der Waals surface area contributed by atoms with Gasteiger partial charge >= 0.3 is 0 Å². The molecule has 0 aliphatic carbocycles. The first kappa shape index (κ1) is 14.7. The lowest BCUT2D eigenvalue weighted by molar-refractivity contribution is -0.135. The third kappa shape index (κ3) is 2.54. The van der Waals surface area contributed by atoms with Crippen LogP contribution in [0.25, 0.3) is 11.0 Å². The molecule has 2 aromatic rings. The van der Waals surface area contributed by atoms with Gasteiger partial charge in [0.1, 0.15) is 11.6 Å². The minimum atomic E-state index is 0.0973. The topological polar surface area (TPSA) is 67.2 Å². The van der Waals surface area contributed by atoms with E-state index in [9.17, 15) is 4.79 Å². The summed E-state index contributed by atoms with van der Waals surface area (Å²) in [5.74, 6) is 4.15. The highest BCUT2D eigenvalue weighted by Crippen LogP contribution is 2.30. The molecular weight excluding hydrogens is 312 g/mol. The number of aromatic nitrogens is 4. The van der Waals surface area contributed by atoms with Gasteiger partial charge in [0.05, 0.1) is 17.5 Å². The molecule has 4 rings (SSSR count). The number of carbonyl (C=O) groups is 1. The second-order valence-electron chi connectivity index (χ2n) is 6.14. The summed E-state index contributed by atoms with van der Waals surface area (Å²) in [6, 6.07) is 0. The van der Waals surface area contributed by atoms with Crippen LogP contribution in [0.3, 0.4) is 0 Å². The molecule has 0 bridgehead atoms. The molecule has 0 unspecified atom stereocenters. The molecule has 4 heterocycles. The van der Waals surface area contributed by atoms with Crippen LogP contribution < -0.4 is 4.90 Å². The van der Waals surface area contributed by atoms with Crippen molar-refractivity contribution in [1.29, 1.82) is 0 Å². The maximum absolute atomic E-state index is 12.5. The molecule has 0 saturated carbocycles. The zero-order valence-electron chi connectivity index (χ0n) is 13.4. The first-order chi connectivity index (χ1) is 11.1. The lowest BCUT2D eigenvalue weighted by Gasteiger charge is -2.42. The van der Waals surface area contributed by atoms with Crippen LogP contribution in [0, 0.1) is 12.8 Å². The predicted molar refractivity (Wildman–Crippen MR) is 90.6 cm³/mol. The van der Waals surface area contributed by atoms with Crippen LogP contribution >= 0.6 is 11.8 Å². The third-order valence-electron chi connectivity index (χ3n) is 4.54. The average Bonchev–Trinajstić information content (AvgIpc) is 2.88. The third-order valence-corrected chi connectivity index (χ3v) is 5.48. The molecule has 0 atom stereocenters. The summed E-state index contributed by atoms with van der Waals surface area (Å²) < 4.78 is 1.77. The molecule has 2 aromatic heterocycles. The van der Waals surface area contributed by atoms with Crippen LogP contribution in [-0.4, -0.2) is 68.2 Å². The summed E-state index contributed by atoms with van der Waals surface area (Å²) in [7, 11) is 1.88. The Kier molecular flexibility index (Phi) is 3.63. The quantitative estimate of drug-likeness (QED) is 0.806. The van der Waals surface area contributed by atoms with Crippen LogP contribution in [0.15, 0.2) is 6.20 Å². The first-order valence-corrected chi connectivity index (χ1v) is 9.07. The number of hydrogen-bond acceptors (Lipinski definition) is 6. The second kappa shape index (κ2) is 5.67. The number of anilines is 1. The Hall–Kier alpha value is -1.83. The van der Waals surface area contributed by atoms with Crippen LogP contribution in [0.2, 0.25) is 0 Å². The van der Waals surface area contributed by atoms with Gasteiger partial charge < -0.3 is 9.80 Å². The fourth-order valence-electron chi connectivity index (χ4n) is 3.20. The number of amides is 1. The molecule has 2 aliphatic heterocycles. The SMILES string of the molecule is Cc1nc(N2CC(C(=O)N3CCSCC3)C2)c2cnn(C)c2n1. The van der Waals surface area contributed by atoms with Gasteiger partial charge in [-0.1, -0.05) is 0 Å². The lowest BCUT2D eigenvalue weighted by Crippen LogP contribution is -2.56. The van der Waals surface area contributed by atoms with Crippen molar-refractivity contribution in [3.63, 3.8) is 0 Å². The van der Waals surface area contributed by atoms with Crippen LogP contribution in [-0.2, 0) is 11.8 Å². The van der Waals surface area contributed by atoms with Gasteiger partial charge in [-0.05, 0) is 6.92 Å². The van der Waals surface area contributed by atoms with Crippen molar-refractivity contribution in [2.75, 3.05) is 42.6 Å². The summed E-state index contributed by atoms with van der Waals surface area (Å²) >= 11 is 1.93. The number of hydrogen-bond donors (Lipinski definition) is 0. The van der Waals surface area contributed by atoms with Gasteiger partial charge in [-0.25, -0.2) is 9.97 Å². The van der Waals surface area contributed by atoms with E-state index in [-0.39, 0.29) is 5.92 Å². The van der Waals surface area contributed by atoms with Gasteiger partial charge in [0, 0.05) is 44.7 Å². The van der Waals surface area contributed by atoms with E-state index in [4.69, 9.17) is 0 Å². The number of rotatable bonds is 2. The van der Waals surface area contributed by atoms with Crippen LogP contribution in [0.5, 0.6) is 0 Å². The van der Waals surface area contributed by atoms with Crippen molar-refractivity contribution >= 4 is 34.5 Å². The van der Waals surface area contributed by atoms with Crippen LogP contribution in [0.4, 0.5) is 5.82 Å². The van der Waals surface area contributed by atoms with Crippen molar-refractivity contribution < 1.29 is 4.79 Å². The monoisotopic (exact) mass is 332 g/mol. The number of nitrogens with zero attached hydrogens (tertiary/aromatic N) is 6. The fourth-order valence-corrected chi connectivity index (χ4v) is 4.11. The van der Waals surface area contributed by atoms with Crippen molar-refractivity contribution in [3.8, 4) is 0 Å². The van der Waals surface area contributed by atoms with E-state index in [0.717, 1.165) is 60.4 Å². The molecule has 2 saturated heterocycles. The molecule has 0 N–H and O–H groups in total. The first-order valence-electron chi connectivity index (χ1n) is 7.91. The second-order valence-corrected chi connectivity index (χ2v) is 7.36. The normalized spacial score (nSPS) is 19.2. The molecule has 0 radical (unpaired) electrons. The van der Waals surface area contributed by atoms with E-state index in [1.807, 2.05) is 30.6 Å². The molecule has 0 spiro atoms. The van der Waals surface area contributed by atoms with Gasteiger partial charge in [0.15, 0.2) is 5.65 Å². The highest BCUT2D eigenvalue weighted by Gasteiger charge is 2.37. The number of thioether (sulfide) groups is 1. The van der Waals surface area contributed by atoms with Crippen molar-refractivity contribution in [3.05, 3.63) is 12.0 Å². The Morgan fingerprint density at radius 2 is 2.00 bits per heavy atom. The number of fused-ring (bicyclic) bond motifs is 1. The van der Waals surface area contributed by atoms with Crippen LogP contribution in [0.1, 0.15) is 5.82 Å². The Morgan fingerprint density at radius 3 is 2.74 bits per heavy atom. The fraction of sp³-hybridized carbons (Fsp3) is 0.600. The van der Waals surface area contributed by atoms with Gasteiger partial charge in [0.25, 0.3) is 0 Å². The Labute approximate surface area is 139 Å². The largest absolute Gasteiger partial charge is 0.354 e. The maximum Gasteiger partial charge on any atom is 0.229 e. The summed E-state index contributed by atoms with van der Waals surface area (Å²) in [5, 5.41) is 5.23. The highest BCUT2D eigenvalue weighted by atomic mass is 32.2. The molecule has 23 heavy (non-hydrogen) atoms. The van der Waals surface area contributed by atoms with E-state index < -0.39 is 0 Å². The molecule has 0 aromatic carbocycles. The van der Waals surface area contributed by atoms with Crippen molar-refractivity contribution in [2.45, 2.75) is 6.92 Å². The lowest BCUT2D eigenvalue weighted by atomic mass is 9.98. The molecule has 8 heteroatoms. The van der Waals surface area contributed by atoms with E-state index in [2.05, 4.69) is 20.0 Å². The number of aryl methyl sites for hydroxylation is 2. The van der Waals surface area contributed by atoms with E-state index in [1.54, 1.807) is 10.9 Å². The Morgan fingerprint density at radius 1 is 1.26 bits per heavy atom. The Bertz CT molecular complexity index is 748. The van der Waals surface area contributed by atoms with E-state index in [0.29, 0.717) is 5.91 Å². The smallest absolute Gasteiger partial charge is 0.229 e. The minimum absolute atomic E-state index is 0.0973. The standard InChI is InChI=1S/C15H20N6OS/c1-10-17-13-12(7-16-19(13)2)14(18-10)21-8-11(9-21)15(22)20-3-5-23-6-4-20/h7,11H,3-6,8-9H2,1-2H3.